The van der Waals surface area contributed by atoms with E-state index in [9.17, 15) is 4.39 Å². The van der Waals surface area contributed by atoms with Crippen LogP contribution < -0.4 is 0 Å². The Morgan fingerprint density at radius 2 is 2.00 bits per heavy atom. The van der Waals surface area contributed by atoms with Crippen LogP contribution >= 0.6 is 0 Å². The summed E-state index contributed by atoms with van der Waals surface area (Å²) >= 11 is 0. The number of hydrogen-bond acceptors (Lipinski definition) is 3. The van der Waals surface area contributed by atoms with Crippen LogP contribution in [0.15, 0.2) is 30.6 Å². The third kappa shape index (κ3) is 3.71. The quantitative estimate of drug-likeness (QED) is 0.786. The predicted molar refractivity (Wildman–Crippen MR) is 86.2 cm³/mol. The van der Waals surface area contributed by atoms with Crippen molar-refractivity contribution in [3.8, 4) is 0 Å². The van der Waals surface area contributed by atoms with Crippen molar-refractivity contribution in [3.05, 3.63) is 47.5 Å². The van der Waals surface area contributed by atoms with Gasteiger partial charge in [-0.05, 0) is 31.0 Å². The molecule has 22 heavy (non-hydrogen) atoms. The third-order valence-electron chi connectivity index (χ3n) is 4.00. The first-order chi connectivity index (χ1) is 10.5. The highest BCUT2D eigenvalue weighted by Crippen LogP contribution is 2.30. The number of hydrogen-bond donors (Lipinski definition) is 0. The number of rotatable bonds is 7. The Morgan fingerprint density at radius 3 is 2.64 bits per heavy atom. The molecule has 0 spiro atoms. The van der Waals surface area contributed by atoms with E-state index in [-0.39, 0.29) is 12.6 Å². The van der Waals surface area contributed by atoms with Crippen LogP contribution in [0.2, 0.25) is 0 Å². The third-order valence-corrected chi connectivity index (χ3v) is 4.00. The average molecular weight is 304 g/mol. The summed E-state index contributed by atoms with van der Waals surface area (Å²) in [5.41, 5.74) is 2.62. The van der Waals surface area contributed by atoms with Crippen LogP contribution in [0.4, 0.5) is 4.39 Å². The molecule has 0 aliphatic carbocycles. The lowest BCUT2D eigenvalue weighted by Crippen LogP contribution is -2.30. The first-order valence-electron chi connectivity index (χ1n) is 7.73. The maximum Gasteiger partial charge on any atom is 0.141 e. The zero-order valence-electron chi connectivity index (χ0n) is 13.8. The molecule has 1 aromatic heterocycles. The van der Waals surface area contributed by atoms with E-state index in [1.54, 1.807) is 4.68 Å². The van der Waals surface area contributed by atoms with Crippen LogP contribution in [0.3, 0.4) is 0 Å². The largest absolute Gasteiger partial charge is 0.292 e. The van der Waals surface area contributed by atoms with Crippen molar-refractivity contribution in [2.24, 2.45) is 5.92 Å². The van der Waals surface area contributed by atoms with E-state index in [4.69, 9.17) is 0 Å². The Kier molecular flexibility index (Phi) is 5.66. The number of benzene rings is 1. The van der Waals surface area contributed by atoms with Gasteiger partial charge >= 0.3 is 0 Å². The van der Waals surface area contributed by atoms with E-state index in [1.165, 1.54) is 17.5 Å². The van der Waals surface area contributed by atoms with Gasteiger partial charge in [0.1, 0.15) is 18.8 Å². The molecule has 1 aromatic carbocycles. The van der Waals surface area contributed by atoms with Crippen molar-refractivity contribution in [3.63, 3.8) is 0 Å². The lowest BCUT2D eigenvalue weighted by molar-refractivity contribution is 0.177. The van der Waals surface area contributed by atoms with Crippen LogP contribution in [0, 0.1) is 12.8 Å². The van der Waals surface area contributed by atoms with Crippen molar-refractivity contribution in [2.45, 2.75) is 39.9 Å². The molecule has 0 saturated heterocycles. The van der Waals surface area contributed by atoms with Gasteiger partial charge in [-0.2, -0.15) is 5.10 Å². The zero-order chi connectivity index (χ0) is 16.1. The normalized spacial score (nSPS) is 13.0. The molecule has 2 rings (SSSR count). The van der Waals surface area contributed by atoms with E-state index >= 15 is 0 Å². The second kappa shape index (κ2) is 7.49. The van der Waals surface area contributed by atoms with Crippen LogP contribution in [0.1, 0.15) is 36.8 Å². The fourth-order valence-electron chi connectivity index (χ4n) is 3.02. The van der Waals surface area contributed by atoms with Gasteiger partial charge in [0.2, 0.25) is 0 Å². The van der Waals surface area contributed by atoms with E-state index in [2.05, 4.69) is 67.1 Å². The van der Waals surface area contributed by atoms with Gasteiger partial charge in [-0.3, -0.25) is 4.90 Å². The fraction of sp³-hybridized carbons (Fsp3) is 0.529. The molecule has 0 bridgehead atoms. The molecule has 0 N–H and O–H groups in total. The Morgan fingerprint density at radius 1 is 1.27 bits per heavy atom. The van der Waals surface area contributed by atoms with E-state index < -0.39 is 6.67 Å². The first kappa shape index (κ1) is 16.6. The second-order valence-electron chi connectivity index (χ2n) is 6.05. The number of aryl methyl sites for hydroxylation is 2. The standard InChI is InChI=1S/C17H25FN4/c1-13(2)17(15-8-6-5-7-14(15)3)21(4)11-16-19-12-20-22(16)10-9-18/h5-8,12-13,17H,9-11H2,1-4H3/t17-/m1/s1. The van der Waals surface area contributed by atoms with Gasteiger partial charge in [-0.25, -0.2) is 14.1 Å². The lowest BCUT2D eigenvalue weighted by atomic mass is 9.91. The van der Waals surface area contributed by atoms with Crippen molar-refractivity contribution >= 4 is 0 Å². The van der Waals surface area contributed by atoms with Gasteiger partial charge in [-0.1, -0.05) is 38.1 Å². The van der Waals surface area contributed by atoms with E-state index in [1.807, 2.05) is 0 Å². The van der Waals surface area contributed by atoms with Gasteiger partial charge < -0.3 is 0 Å². The molecule has 120 valence electrons. The van der Waals surface area contributed by atoms with Gasteiger partial charge in [0.05, 0.1) is 13.1 Å². The maximum atomic E-state index is 12.6. The van der Waals surface area contributed by atoms with E-state index in [0.717, 1.165) is 5.82 Å². The van der Waals surface area contributed by atoms with Gasteiger partial charge in [0, 0.05) is 6.04 Å². The highest BCUT2D eigenvalue weighted by Gasteiger charge is 2.23. The van der Waals surface area contributed by atoms with Crippen LogP contribution in [0.25, 0.3) is 0 Å². The highest BCUT2D eigenvalue weighted by molar-refractivity contribution is 5.29. The van der Waals surface area contributed by atoms with Crippen molar-refractivity contribution in [1.29, 1.82) is 0 Å². The predicted octanol–water partition coefficient (Wildman–Crippen LogP) is 3.39. The number of nitrogens with zero attached hydrogens (tertiary/aromatic N) is 4. The molecular formula is C17H25FN4. The maximum absolute atomic E-state index is 12.6. The molecule has 2 aromatic rings. The molecule has 0 aliphatic heterocycles. The van der Waals surface area contributed by atoms with Crippen LogP contribution in [-0.4, -0.2) is 33.4 Å². The Hall–Kier alpha value is -1.75. The Labute approximate surface area is 132 Å². The van der Waals surface area contributed by atoms with Crippen molar-refractivity contribution in [1.82, 2.24) is 19.7 Å². The molecule has 4 nitrogen and oxygen atoms in total. The monoisotopic (exact) mass is 304 g/mol. The summed E-state index contributed by atoms with van der Waals surface area (Å²) in [6, 6.07) is 8.76. The molecule has 0 fully saturated rings. The molecular weight excluding hydrogens is 279 g/mol. The van der Waals surface area contributed by atoms with Crippen molar-refractivity contribution in [2.75, 3.05) is 13.7 Å². The summed E-state index contributed by atoms with van der Waals surface area (Å²) in [6.07, 6.45) is 1.50. The summed E-state index contributed by atoms with van der Waals surface area (Å²) in [4.78, 5) is 6.55. The number of halogens is 1. The van der Waals surface area contributed by atoms with Crippen molar-refractivity contribution < 1.29 is 4.39 Å². The SMILES string of the molecule is Cc1ccccc1[C@@H](C(C)C)N(C)Cc1ncnn1CCF. The summed E-state index contributed by atoms with van der Waals surface area (Å²) in [6.45, 7) is 7.08. The molecule has 0 unspecified atom stereocenters. The molecule has 1 atom stereocenters. The lowest BCUT2D eigenvalue weighted by Gasteiger charge is -2.32. The molecule has 0 radical (unpaired) electrons. The van der Waals surface area contributed by atoms with Gasteiger partial charge in [-0.15, -0.1) is 0 Å². The van der Waals surface area contributed by atoms with Gasteiger partial charge in [0.15, 0.2) is 0 Å². The minimum atomic E-state index is -0.425. The summed E-state index contributed by atoms with van der Waals surface area (Å²) in [5, 5.41) is 4.09. The smallest absolute Gasteiger partial charge is 0.141 e. The topological polar surface area (TPSA) is 34.0 Å². The zero-order valence-corrected chi connectivity index (χ0v) is 13.8. The molecule has 5 heteroatoms. The molecule has 0 saturated carbocycles. The van der Waals surface area contributed by atoms with Crippen LogP contribution in [-0.2, 0) is 13.1 Å². The Balaban J connectivity index is 2.22. The number of aromatic nitrogens is 3. The second-order valence-corrected chi connectivity index (χ2v) is 6.05. The summed E-state index contributed by atoms with van der Waals surface area (Å²) in [7, 11) is 2.09. The van der Waals surface area contributed by atoms with Crippen LogP contribution in [0.5, 0.6) is 0 Å². The molecule has 1 heterocycles. The molecule has 0 aliphatic rings. The Bertz CT molecular complexity index is 594. The first-order valence-corrected chi connectivity index (χ1v) is 7.73. The minimum absolute atomic E-state index is 0.264. The van der Waals surface area contributed by atoms with Gasteiger partial charge in [0.25, 0.3) is 0 Å². The summed E-state index contributed by atoms with van der Waals surface area (Å²) in [5.74, 6) is 1.27. The average Bonchev–Trinajstić information content (AvgIpc) is 2.88. The fourth-order valence-corrected chi connectivity index (χ4v) is 3.02. The number of alkyl halides is 1. The summed E-state index contributed by atoms with van der Waals surface area (Å²) < 4.78 is 14.2. The highest BCUT2D eigenvalue weighted by atomic mass is 19.1. The minimum Gasteiger partial charge on any atom is -0.292 e. The molecule has 0 amide bonds. The van der Waals surface area contributed by atoms with E-state index in [0.29, 0.717) is 12.5 Å².